The standard InChI is InChI=1S/C13H21N5S/c1-7(2)18(5)6-10-15-12(17-14)11-8(3)9(4)19-13(11)16-10/h7H,6,14H2,1-5H3,(H,15,16,17). The monoisotopic (exact) mass is 279 g/mol. The molecule has 0 spiro atoms. The number of anilines is 1. The van der Waals surface area contributed by atoms with Crippen LogP contribution in [0.2, 0.25) is 0 Å². The molecule has 5 nitrogen and oxygen atoms in total. The molecule has 0 aliphatic heterocycles. The van der Waals surface area contributed by atoms with Gasteiger partial charge in [0.2, 0.25) is 0 Å². The zero-order valence-electron chi connectivity index (χ0n) is 12.1. The Kier molecular flexibility index (Phi) is 4.03. The number of hydrogen-bond acceptors (Lipinski definition) is 6. The van der Waals surface area contributed by atoms with Crippen molar-refractivity contribution in [1.82, 2.24) is 14.9 Å². The zero-order valence-corrected chi connectivity index (χ0v) is 12.9. The maximum absolute atomic E-state index is 5.60. The van der Waals surface area contributed by atoms with Crippen LogP contribution >= 0.6 is 11.3 Å². The SMILES string of the molecule is Cc1sc2nc(CN(C)C(C)C)nc(NN)c2c1C. The Balaban J connectivity index is 2.48. The molecule has 0 aromatic carbocycles. The number of nitrogen functional groups attached to an aromatic ring is 1. The van der Waals surface area contributed by atoms with Gasteiger partial charge in [-0.15, -0.1) is 11.3 Å². The highest BCUT2D eigenvalue weighted by Gasteiger charge is 2.15. The fraction of sp³-hybridized carbons (Fsp3) is 0.538. The molecule has 3 N–H and O–H groups in total. The highest BCUT2D eigenvalue weighted by Crippen LogP contribution is 2.32. The summed E-state index contributed by atoms with van der Waals surface area (Å²) in [6, 6.07) is 0.459. The van der Waals surface area contributed by atoms with E-state index in [0.29, 0.717) is 6.04 Å². The molecule has 0 saturated carbocycles. The Morgan fingerprint density at radius 2 is 2.00 bits per heavy atom. The summed E-state index contributed by atoms with van der Waals surface area (Å²) in [6.45, 7) is 9.21. The number of thiophene rings is 1. The molecule has 0 atom stereocenters. The first-order valence-corrected chi connectivity index (χ1v) is 7.19. The van der Waals surface area contributed by atoms with Gasteiger partial charge in [0.05, 0.1) is 11.9 Å². The highest BCUT2D eigenvalue weighted by molar-refractivity contribution is 7.18. The van der Waals surface area contributed by atoms with Crippen LogP contribution < -0.4 is 11.3 Å². The van der Waals surface area contributed by atoms with Gasteiger partial charge in [0.1, 0.15) is 10.7 Å². The van der Waals surface area contributed by atoms with Crippen molar-refractivity contribution in [2.24, 2.45) is 5.84 Å². The number of nitrogens with one attached hydrogen (secondary N) is 1. The Bertz CT molecular complexity index is 590. The fourth-order valence-corrected chi connectivity index (χ4v) is 2.92. The van der Waals surface area contributed by atoms with Gasteiger partial charge in [-0.2, -0.15) is 0 Å². The summed E-state index contributed by atoms with van der Waals surface area (Å²) in [5.74, 6) is 7.13. The molecule has 0 unspecified atom stereocenters. The molecule has 0 saturated heterocycles. The molecule has 104 valence electrons. The molecule has 0 aliphatic rings. The second kappa shape index (κ2) is 5.40. The lowest BCUT2D eigenvalue weighted by Crippen LogP contribution is -2.26. The van der Waals surface area contributed by atoms with Gasteiger partial charge in [-0.05, 0) is 40.3 Å². The van der Waals surface area contributed by atoms with Gasteiger partial charge < -0.3 is 5.43 Å². The van der Waals surface area contributed by atoms with Crippen LogP contribution in [0.1, 0.15) is 30.1 Å². The van der Waals surface area contributed by atoms with Crippen molar-refractivity contribution in [3.8, 4) is 0 Å². The van der Waals surface area contributed by atoms with Crippen molar-refractivity contribution in [1.29, 1.82) is 0 Å². The van der Waals surface area contributed by atoms with E-state index in [0.717, 1.165) is 28.4 Å². The summed E-state index contributed by atoms with van der Waals surface area (Å²) in [4.78, 5) is 13.7. The largest absolute Gasteiger partial charge is 0.308 e. The number of fused-ring (bicyclic) bond motifs is 1. The highest BCUT2D eigenvalue weighted by atomic mass is 32.1. The second-order valence-electron chi connectivity index (χ2n) is 5.11. The molecular weight excluding hydrogens is 258 g/mol. The number of nitrogens with zero attached hydrogens (tertiary/aromatic N) is 3. The van der Waals surface area contributed by atoms with Crippen LogP contribution in [0.4, 0.5) is 5.82 Å². The van der Waals surface area contributed by atoms with Gasteiger partial charge in [-0.1, -0.05) is 0 Å². The van der Waals surface area contributed by atoms with Crippen molar-refractivity contribution in [2.45, 2.75) is 40.3 Å². The number of aryl methyl sites for hydroxylation is 2. The van der Waals surface area contributed by atoms with Gasteiger partial charge in [0.25, 0.3) is 0 Å². The summed E-state index contributed by atoms with van der Waals surface area (Å²) in [6.07, 6.45) is 0. The van der Waals surface area contributed by atoms with E-state index in [1.807, 2.05) is 0 Å². The molecule has 0 radical (unpaired) electrons. The number of hydrogen-bond donors (Lipinski definition) is 2. The first kappa shape index (κ1) is 14.2. The molecule has 2 heterocycles. The number of aromatic nitrogens is 2. The molecule has 0 fully saturated rings. The maximum Gasteiger partial charge on any atom is 0.152 e. The minimum absolute atomic E-state index is 0.459. The van der Waals surface area contributed by atoms with Gasteiger partial charge in [-0.3, -0.25) is 4.90 Å². The van der Waals surface area contributed by atoms with E-state index in [-0.39, 0.29) is 0 Å². The zero-order chi connectivity index (χ0) is 14.2. The average Bonchev–Trinajstić information content (AvgIpc) is 2.64. The third-order valence-corrected chi connectivity index (χ3v) is 4.59. The van der Waals surface area contributed by atoms with Gasteiger partial charge in [0.15, 0.2) is 5.82 Å². The van der Waals surface area contributed by atoms with Gasteiger partial charge in [0, 0.05) is 10.9 Å². The van der Waals surface area contributed by atoms with E-state index in [2.05, 4.69) is 55.0 Å². The van der Waals surface area contributed by atoms with Crippen LogP contribution in [0.25, 0.3) is 10.2 Å². The smallest absolute Gasteiger partial charge is 0.152 e. The summed E-state index contributed by atoms with van der Waals surface area (Å²) >= 11 is 1.69. The lowest BCUT2D eigenvalue weighted by atomic mass is 10.2. The van der Waals surface area contributed by atoms with Crippen molar-refractivity contribution in [2.75, 3.05) is 12.5 Å². The van der Waals surface area contributed by atoms with Crippen LogP contribution in [0.3, 0.4) is 0 Å². The van der Waals surface area contributed by atoms with Crippen LogP contribution in [-0.4, -0.2) is 28.0 Å². The molecule has 2 rings (SSSR count). The van der Waals surface area contributed by atoms with Crippen LogP contribution in [-0.2, 0) is 6.54 Å². The van der Waals surface area contributed by atoms with E-state index in [9.17, 15) is 0 Å². The predicted octanol–water partition coefficient (Wildman–Crippen LogP) is 2.43. The molecule has 6 heteroatoms. The first-order chi connectivity index (χ1) is 8.93. The summed E-state index contributed by atoms with van der Waals surface area (Å²) in [5.41, 5.74) is 3.91. The van der Waals surface area contributed by atoms with E-state index in [1.54, 1.807) is 11.3 Å². The Morgan fingerprint density at radius 1 is 1.32 bits per heavy atom. The summed E-state index contributed by atoms with van der Waals surface area (Å²) in [7, 11) is 2.07. The van der Waals surface area contributed by atoms with Gasteiger partial charge in [-0.25, -0.2) is 15.8 Å². The van der Waals surface area contributed by atoms with Crippen LogP contribution in [0, 0.1) is 13.8 Å². The number of rotatable bonds is 4. The average molecular weight is 279 g/mol. The lowest BCUT2D eigenvalue weighted by molar-refractivity contribution is 0.259. The van der Waals surface area contributed by atoms with Crippen LogP contribution in [0.15, 0.2) is 0 Å². The quantitative estimate of drug-likeness (QED) is 0.664. The Morgan fingerprint density at radius 3 is 2.58 bits per heavy atom. The molecule has 19 heavy (non-hydrogen) atoms. The van der Waals surface area contributed by atoms with E-state index in [4.69, 9.17) is 5.84 Å². The third kappa shape index (κ3) is 2.70. The second-order valence-corrected chi connectivity index (χ2v) is 6.31. The summed E-state index contributed by atoms with van der Waals surface area (Å²) < 4.78 is 0. The van der Waals surface area contributed by atoms with E-state index in [1.165, 1.54) is 10.4 Å². The Labute approximate surface area is 117 Å². The number of nitrogens with two attached hydrogens (primary N) is 1. The van der Waals surface area contributed by atoms with Crippen molar-refractivity contribution in [3.63, 3.8) is 0 Å². The van der Waals surface area contributed by atoms with Crippen molar-refractivity contribution < 1.29 is 0 Å². The summed E-state index contributed by atoms with van der Waals surface area (Å²) in [5, 5.41) is 1.04. The van der Waals surface area contributed by atoms with Crippen LogP contribution in [0.5, 0.6) is 0 Å². The number of hydrazine groups is 1. The predicted molar refractivity (Wildman–Crippen MR) is 81.3 cm³/mol. The Hall–Kier alpha value is -1.24. The third-order valence-electron chi connectivity index (χ3n) is 3.48. The van der Waals surface area contributed by atoms with Gasteiger partial charge >= 0.3 is 0 Å². The van der Waals surface area contributed by atoms with E-state index < -0.39 is 0 Å². The molecule has 0 bridgehead atoms. The minimum Gasteiger partial charge on any atom is -0.308 e. The normalized spacial score (nSPS) is 11.8. The topological polar surface area (TPSA) is 67.1 Å². The van der Waals surface area contributed by atoms with E-state index >= 15 is 0 Å². The minimum atomic E-state index is 0.459. The van der Waals surface area contributed by atoms with Crippen molar-refractivity contribution >= 4 is 27.4 Å². The molecular formula is C13H21N5S. The molecule has 0 amide bonds. The molecule has 2 aromatic heterocycles. The fourth-order valence-electron chi connectivity index (χ4n) is 1.87. The molecule has 2 aromatic rings. The van der Waals surface area contributed by atoms with Crippen molar-refractivity contribution in [3.05, 3.63) is 16.3 Å². The maximum atomic E-state index is 5.60. The molecule has 0 aliphatic carbocycles. The lowest BCUT2D eigenvalue weighted by Gasteiger charge is -2.20. The first-order valence-electron chi connectivity index (χ1n) is 6.37.